The van der Waals surface area contributed by atoms with E-state index in [2.05, 4.69) is 27.0 Å². The van der Waals surface area contributed by atoms with Crippen molar-refractivity contribution < 1.29 is 9.13 Å². The lowest BCUT2D eigenvalue weighted by atomic mass is 10.3. The summed E-state index contributed by atoms with van der Waals surface area (Å²) in [6.07, 6.45) is 0. The summed E-state index contributed by atoms with van der Waals surface area (Å²) in [6.45, 7) is 0.642. The molecule has 0 radical (unpaired) electrons. The summed E-state index contributed by atoms with van der Waals surface area (Å²) < 4.78 is 21.9. The molecular formula is C14H11BrClFN2OS. The zero-order valence-electron chi connectivity index (χ0n) is 11.1. The van der Waals surface area contributed by atoms with Crippen molar-refractivity contribution in [3.05, 3.63) is 44.6 Å². The van der Waals surface area contributed by atoms with Gasteiger partial charge in [-0.25, -0.2) is 9.37 Å². The first-order chi connectivity index (χ1) is 10.1. The molecular weight excluding hydrogens is 379 g/mol. The Bertz CT molecular complexity index is 802. The molecule has 0 bridgehead atoms. The number of halogens is 3. The quantitative estimate of drug-likeness (QED) is 0.600. The fourth-order valence-corrected chi connectivity index (χ4v) is 3.85. The molecule has 1 aromatic carbocycles. The number of thiophene rings is 1. The van der Waals surface area contributed by atoms with Gasteiger partial charge in [0.15, 0.2) is 11.6 Å². The van der Waals surface area contributed by atoms with Crippen molar-refractivity contribution >= 4 is 49.9 Å². The maximum Gasteiger partial charge on any atom is 0.167 e. The first kappa shape index (κ1) is 14.8. The predicted molar refractivity (Wildman–Crippen MR) is 86.9 cm³/mol. The number of ether oxygens (including phenoxy) is 1. The lowest BCUT2D eigenvalue weighted by Gasteiger charge is -2.07. The number of methoxy groups -OCH3 is 1. The van der Waals surface area contributed by atoms with Crippen LogP contribution < -0.4 is 4.74 Å². The van der Waals surface area contributed by atoms with Gasteiger partial charge in [-0.05, 0) is 22.0 Å². The van der Waals surface area contributed by atoms with Gasteiger partial charge in [0, 0.05) is 26.9 Å². The standard InChI is InChI=1S/C14H11BrClFN2OS/c1-20-13-4-12-11(3-10(13)17)18-14(5-16)19(12)6-9-2-8(15)7-21-9/h2-4,7H,5-6H2,1H3. The minimum atomic E-state index is -0.422. The fourth-order valence-electron chi connectivity index (χ4n) is 2.20. The first-order valence-corrected chi connectivity index (χ1v) is 8.34. The van der Waals surface area contributed by atoms with Crippen LogP contribution in [-0.4, -0.2) is 16.7 Å². The van der Waals surface area contributed by atoms with Crippen molar-refractivity contribution in [1.82, 2.24) is 9.55 Å². The van der Waals surface area contributed by atoms with E-state index in [0.717, 1.165) is 14.9 Å². The van der Waals surface area contributed by atoms with Crippen LogP contribution in [0.2, 0.25) is 0 Å². The van der Waals surface area contributed by atoms with Gasteiger partial charge in [-0.15, -0.1) is 22.9 Å². The highest BCUT2D eigenvalue weighted by Gasteiger charge is 2.15. The van der Waals surface area contributed by atoms with E-state index in [0.29, 0.717) is 17.9 Å². The second-order valence-corrected chi connectivity index (χ2v) is 6.63. The van der Waals surface area contributed by atoms with Crippen LogP contribution in [0.25, 0.3) is 11.0 Å². The summed E-state index contributed by atoms with van der Waals surface area (Å²) in [5.41, 5.74) is 1.40. The SMILES string of the molecule is COc1cc2c(cc1F)nc(CCl)n2Cc1cc(Br)cs1. The molecule has 21 heavy (non-hydrogen) atoms. The van der Waals surface area contributed by atoms with Crippen molar-refractivity contribution in [2.45, 2.75) is 12.4 Å². The van der Waals surface area contributed by atoms with Crippen molar-refractivity contribution in [2.24, 2.45) is 0 Å². The molecule has 0 saturated heterocycles. The number of rotatable bonds is 4. The molecule has 0 aliphatic heterocycles. The molecule has 3 nitrogen and oxygen atoms in total. The highest BCUT2D eigenvalue weighted by Crippen LogP contribution is 2.28. The van der Waals surface area contributed by atoms with Crippen LogP contribution in [0.1, 0.15) is 10.7 Å². The second kappa shape index (κ2) is 5.94. The van der Waals surface area contributed by atoms with Crippen LogP contribution in [0.5, 0.6) is 5.75 Å². The molecule has 0 saturated carbocycles. The van der Waals surface area contributed by atoms with Crippen LogP contribution in [0, 0.1) is 5.82 Å². The number of nitrogens with zero attached hydrogens (tertiary/aromatic N) is 2. The van der Waals surface area contributed by atoms with Crippen molar-refractivity contribution in [1.29, 1.82) is 0 Å². The van der Waals surface area contributed by atoms with E-state index in [4.69, 9.17) is 16.3 Å². The van der Waals surface area contributed by atoms with E-state index in [1.54, 1.807) is 17.4 Å². The van der Waals surface area contributed by atoms with Crippen LogP contribution in [0.4, 0.5) is 4.39 Å². The molecule has 0 fully saturated rings. The van der Waals surface area contributed by atoms with Crippen LogP contribution in [0.3, 0.4) is 0 Å². The monoisotopic (exact) mass is 388 g/mol. The van der Waals surface area contributed by atoms with E-state index in [-0.39, 0.29) is 11.6 Å². The molecule has 0 aliphatic rings. The van der Waals surface area contributed by atoms with Crippen LogP contribution in [0.15, 0.2) is 28.1 Å². The topological polar surface area (TPSA) is 27.1 Å². The normalized spacial score (nSPS) is 11.2. The minimum Gasteiger partial charge on any atom is -0.494 e. The molecule has 2 heterocycles. The Balaban J connectivity index is 2.14. The van der Waals surface area contributed by atoms with Crippen molar-refractivity contribution in [3.8, 4) is 5.75 Å². The average Bonchev–Trinajstić information content (AvgIpc) is 3.02. The number of hydrogen-bond donors (Lipinski definition) is 0. The molecule has 0 unspecified atom stereocenters. The molecule has 110 valence electrons. The van der Waals surface area contributed by atoms with E-state index < -0.39 is 5.82 Å². The third-order valence-corrected chi connectivity index (χ3v) is 5.08. The number of alkyl halides is 1. The van der Waals surface area contributed by atoms with E-state index >= 15 is 0 Å². The molecule has 0 spiro atoms. The van der Waals surface area contributed by atoms with Gasteiger partial charge in [0.25, 0.3) is 0 Å². The van der Waals surface area contributed by atoms with E-state index in [1.807, 2.05) is 9.95 Å². The van der Waals surface area contributed by atoms with Gasteiger partial charge < -0.3 is 9.30 Å². The zero-order valence-corrected chi connectivity index (χ0v) is 14.2. The summed E-state index contributed by atoms with van der Waals surface area (Å²) in [5, 5.41) is 2.02. The highest BCUT2D eigenvalue weighted by atomic mass is 79.9. The smallest absolute Gasteiger partial charge is 0.167 e. The molecule has 0 atom stereocenters. The Hall–Kier alpha value is -1.11. The van der Waals surface area contributed by atoms with Gasteiger partial charge in [-0.2, -0.15) is 0 Å². The highest BCUT2D eigenvalue weighted by molar-refractivity contribution is 9.10. The Morgan fingerprint density at radius 3 is 2.86 bits per heavy atom. The summed E-state index contributed by atoms with van der Waals surface area (Å²) in [5.74, 6) is 0.765. The lowest BCUT2D eigenvalue weighted by molar-refractivity contribution is 0.387. The van der Waals surface area contributed by atoms with Crippen molar-refractivity contribution in [2.75, 3.05) is 7.11 Å². The predicted octanol–water partition coefficient (Wildman–Crippen LogP) is 4.80. The summed E-state index contributed by atoms with van der Waals surface area (Å²) in [6, 6.07) is 5.09. The Morgan fingerprint density at radius 1 is 1.43 bits per heavy atom. The van der Waals surface area contributed by atoms with Gasteiger partial charge in [-0.1, -0.05) is 0 Å². The molecule has 0 amide bonds. The van der Waals surface area contributed by atoms with Gasteiger partial charge in [0.1, 0.15) is 5.82 Å². The van der Waals surface area contributed by atoms with Gasteiger partial charge >= 0.3 is 0 Å². The van der Waals surface area contributed by atoms with Crippen LogP contribution >= 0.6 is 38.9 Å². The van der Waals surface area contributed by atoms with Crippen molar-refractivity contribution in [3.63, 3.8) is 0 Å². The minimum absolute atomic E-state index is 0.206. The summed E-state index contributed by atoms with van der Waals surface area (Å²) in [7, 11) is 1.45. The Morgan fingerprint density at radius 2 is 2.24 bits per heavy atom. The molecule has 7 heteroatoms. The largest absolute Gasteiger partial charge is 0.494 e. The maximum absolute atomic E-state index is 13.8. The summed E-state index contributed by atoms with van der Waals surface area (Å²) in [4.78, 5) is 5.56. The zero-order chi connectivity index (χ0) is 15.0. The second-order valence-electron chi connectivity index (χ2n) is 4.45. The number of hydrogen-bond acceptors (Lipinski definition) is 3. The first-order valence-electron chi connectivity index (χ1n) is 6.14. The van der Waals surface area contributed by atoms with E-state index in [1.165, 1.54) is 13.2 Å². The number of imidazole rings is 1. The van der Waals surface area contributed by atoms with E-state index in [9.17, 15) is 4.39 Å². The fraction of sp³-hybridized carbons (Fsp3) is 0.214. The number of benzene rings is 1. The maximum atomic E-state index is 13.8. The van der Waals surface area contributed by atoms with Gasteiger partial charge in [0.05, 0.1) is 30.6 Å². The molecule has 3 aromatic rings. The third kappa shape index (κ3) is 2.80. The Kier molecular flexibility index (Phi) is 4.19. The molecule has 3 rings (SSSR count). The number of fused-ring (bicyclic) bond motifs is 1. The average molecular weight is 390 g/mol. The lowest BCUT2D eigenvalue weighted by Crippen LogP contribution is -2.02. The molecule has 0 aliphatic carbocycles. The molecule has 2 aromatic heterocycles. The number of aromatic nitrogens is 2. The Labute approximate surface area is 138 Å². The molecule has 0 N–H and O–H groups in total. The van der Waals surface area contributed by atoms with Gasteiger partial charge in [-0.3, -0.25) is 0 Å². The summed E-state index contributed by atoms with van der Waals surface area (Å²) >= 11 is 11.1. The van der Waals surface area contributed by atoms with Gasteiger partial charge in [0.2, 0.25) is 0 Å². The third-order valence-electron chi connectivity index (χ3n) is 3.16. The van der Waals surface area contributed by atoms with Crippen LogP contribution in [-0.2, 0) is 12.4 Å².